The van der Waals surface area contributed by atoms with Crippen LogP contribution in [0.2, 0.25) is 0 Å². The van der Waals surface area contributed by atoms with E-state index in [1.54, 1.807) is 11.8 Å². The van der Waals surface area contributed by atoms with Crippen LogP contribution in [0.1, 0.15) is 24.3 Å². The summed E-state index contributed by atoms with van der Waals surface area (Å²) in [5.41, 5.74) is 2.18. The average Bonchev–Trinajstić information content (AvgIpc) is 2.74. The fourth-order valence-electron chi connectivity index (χ4n) is 3.78. The van der Waals surface area contributed by atoms with Crippen molar-refractivity contribution < 1.29 is 18.9 Å². The van der Waals surface area contributed by atoms with Gasteiger partial charge in [0.15, 0.2) is 6.29 Å². The molecule has 0 amide bonds. The largest absolute Gasteiger partial charge is 0.370 e. The molecule has 2 heterocycles. The first-order chi connectivity index (χ1) is 13.3. The van der Waals surface area contributed by atoms with E-state index in [1.165, 1.54) is 5.56 Å². The highest BCUT2D eigenvalue weighted by Gasteiger charge is 2.48. The summed E-state index contributed by atoms with van der Waals surface area (Å²) in [7, 11) is 0. The minimum atomic E-state index is -0.348. The molecule has 2 saturated heterocycles. The summed E-state index contributed by atoms with van der Waals surface area (Å²) < 4.78 is 24.9. The second kappa shape index (κ2) is 8.76. The lowest BCUT2D eigenvalue weighted by Crippen LogP contribution is -2.57. The maximum absolute atomic E-state index is 6.33. The highest BCUT2D eigenvalue weighted by Crippen LogP contribution is 2.40. The second-order valence-electron chi connectivity index (χ2n) is 7.08. The van der Waals surface area contributed by atoms with Gasteiger partial charge < -0.3 is 18.9 Å². The predicted octanol–water partition coefficient (Wildman–Crippen LogP) is 4.41. The van der Waals surface area contributed by atoms with Crippen molar-refractivity contribution in [2.24, 2.45) is 5.92 Å². The molecular formula is C22H26O4S. The summed E-state index contributed by atoms with van der Waals surface area (Å²) in [6, 6.07) is 20.3. The molecule has 3 unspecified atom stereocenters. The van der Waals surface area contributed by atoms with E-state index in [-0.39, 0.29) is 36.0 Å². The van der Waals surface area contributed by atoms with Gasteiger partial charge in [-0.3, -0.25) is 0 Å². The Morgan fingerprint density at radius 2 is 1.70 bits per heavy atom. The molecule has 4 rings (SSSR count). The van der Waals surface area contributed by atoms with Gasteiger partial charge in [0.25, 0.3) is 0 Å². The molecule has 2 aliphatic rings. The van der Waals surface area contributed by atoms with Crippen LogP contribution in [0.15, 0.2) is 60.7 Å². The molecule has 5 heteroatoms. The minimum Gasteiger partial charge on any atom is -0.370 e. The van der Waals surface area contributed by atoms with Gasteiger partial charge in [-0.15, -0.1) is 11.8 Å². The van der Waals surface area contributed by atoms with Gasteiger partial charge in [0, 0.05) is 11.5 Å². The van der Waals surface area contributed by atoms with Crippen molar-refractivity contribution in [3.8, 4) is 0 Å². The monoisotopic (exact) mass is 386 g/mol. The fraction of sp³-hybridized carbons (Fsp3) is 0.455. The first-order valence-corrected chi connectivity index (χ1v) is 10.7. The summed E-state index contributed by atoms with van der Waals surface area (Å²) in [6.07, 6.45) is 1.57. The second-order valence-corrected chi connectivity index (χ2v) is 8.01. The van der Waals surface area contributed by atoms with Crippen molar-refractivity contribution >= 4 is 11.8 Å². The van der Waals surface area contributed by atoms with E-state index in [2.05, 4.69) is 25.3 Å². The van der Waals surface area contributed by atoms with Crippen molar-refractivity contribution in [3.63, 3.8) is 0 Å². The first-order valence-electron chi connectivity index (χ1n) is 9.42. The lowest BCUT2D eigenvalue weighted by atomic mass is 9.90. The van der Waals surface area contributed by atoms with Crippen molar-refractivity contribution in [1.82, 2.24) is 0 Å². The molecule has 0 aliphatic carbocycles. The van der Waals surface area contributed by atoms with E-state index >= 15 is 0 Å². The Morgan fingerprint density at radius 3 is 2.41 bits per heavy atom. The van der Waals surface area contributed by atoms with E-state index in [1.807, 2.05) is 48.5 Å². The molecule has 2 fully saturated rings. The molecule has 0 saturated carbocycles. The Bertz CT molecular complexity index is 705. The van der Waals surface area contributed by atoms with Crippen LogP contribution in [0.25, 0.3) is 0 Å². The summed E-state index contributed by atoms with van der Waals surface area (Å²) in [5.74, 6) is 0.208. The van der Waals surface area contributed by atoms with Gasteiger partial charge in [0.2, 0.25) is 0 Å². The van der Waals surface area contributed by atoms with Gasteiger partial charge in [0.1, 0.15) is 11.5 Å². The number of thioether (sulfide) groups is 1. The first kappa shape index (κ1) is 19.0. The van der Waals surface area contributed by atoms with Crippen LogP contribution < -0.4 is 0 Å². The molecule has 0 aromatic heterocycles. The van der Waals surface area contributed by atoms with Crippen molar-refractivity contribution in [2.75, 3.05) is 12.9 Å². The summed E-state index contributed by atoms with van der Waals surface area (Å²) in [4.78, 5) is 0. The van der Waals surface area contributed by atoms with Gasteiger partial charge in [-0.2, -0.15) is 0 Å². The zero-order valence-corrected chi connectivity index (χ0v) is 16.5. The standard InChI is InChI=1S/C22H26O4S/c1-15-19-18(14-24-21(26-19)17-11-7-4-8-12-17)25-22(27-2)20(15)23-13-16-9-5-3-6-10-16/h3-12,15,18-22H,13-14H2,1-2H3/t15-,18?,19-,20?,21?,22-/m0/s1. The minimum absolute atomic E-state index is 0.0227. The van der Waals surface area contributed by atoms with Gasteiger partial charge in [0.05, 0.1) is 25.4 Å². The van der Waals surface area contributed by atoms with Crippen LogP contribution in [-0.4, -0.2) is 36.6 Å². The van der Waals surface area contributed by atoms with E-state index in [9.17, 15) is 0 Å². The Labute approximate surface area is 165 Å². The van der Waals surface area contributed by atoms with E-state index in [4.69, 9.17) is 18.9 Å². The number of ether oxygens (including phenoxy) is 4. The zero-order valence-electron chi connectivity index (χ0n) is 15.7. The quantitative estimate of drug-likeness (QED) is 0.761. The highest BCUT2D eigenvalue weighted by molar-refractivity contribution is 7.99. The Balaban J connectivity index is 1.46. The molecule has 2 aromatic rings. The summed E-state index contributed by atoms with van der Waals surface area (Å²) in [5, 5.41) is 0. The molecule has 2 aromatic carbocycles. The summed E-state index contributed by atoms with van der Waals surface area (Å²) >= 11 is 1.69. The fourth-order valence-corrected chi connectivity index (χ4v) is 4.63. The highest BCUT2D eigenvalue weighted by atomic mass is 32.2. The van der Waals surface area contributed by atoms with Crippen LogP contribution in [-0.2, 0) is 25.6 Å². The van der Waals surface area contributed by atoms with Gasteiger partial charge in [-0.05, 0) is 11.8 Å². The predicted molar refractivity (Wildman–Crippen MR) is 106 cm³/mol. The third-order valence-corrected chi connectivity index (χ3v) is 6.11. The van der Waals surface area contributed by atoms with Gasteiger partial charge >= 0.3 is 0 Å². The molecule has 4 nitrogen and oxygen atoms in total. The molecule has 144 valence electrons. The van der Waals surface area contributed by atoms with E-state index in [0.29, 0.717) is 13.2 Å². The van der Waals surface area contributed by atoms with Crippen LogP contribution in [0.4, 0.5) is 0 Å². The number of rotatable bonds is 5. The summed E-state index contributed by atoms with van der Waals surface area (Å²) in [6.45, 7) is 3.32. The molecule has 0 N–H and O–H groups in total. The lowest BCUT2D eigenvalue weighted by molar-refractivity contribution is -0.311. The van der Waals surface area contributed by atoms with E-state index < -0.39 is 0 Å². The molecule has 0 spiro atoms. The zero-order chi connectivity index (χ0) is 18.6. The number of hydrogen-bond acceptors (Lipinski definition) is 5. The molecule has 0 radical (unpaired) electrons. The van der Waals surface area contributed by atoms with Gasteiger partial charge in [-0.1, -0.05) is 67.6 Å². The van der Waals surface area contributed by atoms with Gasteiger partial charge in [-0.25, -0.2) is 0 Å². The van der Waals surface area contributed by atoms with E-state index in [0.717, 1.165) is 5.56 Å². The maximum atomic E-state index is 6.33. The van der Waals surface area contributed by atoms with Crippen LogP contribution in [0, 0.1) is 5.92 Å². The third kappa shape index (κ3) is 4.23. The van der Waals surface area contributed by atoms with Crippen molar-refractivity contribution in [1.29, 1.82) is 0 Å². The number of fused-ring (bicyclic) bond motifs is 1. The van der Waals surface area contributed by atoms with Crippen molar-refractivity contribution in [2.45, 2.75) is 43.6 Å². The number of benzene rings is 2. The lowest BCUT2D eigenvalue weighted by Gasteiger charge is -2.48. The molecule has 0 bridgehead atoms. The normalized spacial score (nSPS) is 33.4. The SMILES string of the molecule is CS[C@@H]1OC2COC(c3ccccc3)O[C@H]2[C@H](C)C1OCc1ccccc1. The Morgan fingerprint density at radius 1 is 1.00 bits per heavy atom. The van der Waals surface area contributed by atoms with Crippen LogP contribution in [0.3, 0.4) is 0 Å². The molecular weight excluding hydrogens is 360 g/mol. The molecule has 27 heavy (non-hydrogen) atoms. The Hall–Kier alpha value is -1.37. The Kier molecular flexibility index (Phi) is 6.15. The molecule has 2 aliphatic heterocycles. The number of hydrogen-bond donors (Lipinski definition) is 0. The van der Waals surface area contributed by atoms with Crippen molar-refractivity contribution in [3.05, 3.63) is 71.8 Å². The van der Waals surface area contributed by atoms with Crippen LogP contribution >= 0.6 is 11.8 Å². The van der Waals surface area contributed by atoms with Crippen LogP contribution in [0.5, 0.6) is 0 Å². The maximum Gasteiger partial charge on any atom is 0.184 e. The average molecular weight is 387 g/mol. The molecule has 6 atom stereocenters. The third-order valence-electron chi connectivity index (χ3n) is 5.26. The topological polar surface area (TPSA) is 36.9 Å². The smallest absolute Gasteiger partial charge is 0.184 e.